The topological polar surface area (TPSA) is 49.6 Å². The maximum atomic E-state index is 12.4. The van der Waals surface area contributed by atoms with E-state index in [1.807, 2.05) is 29.3 Å². The molecule has 4 rings (SSSR count). The van der Waals surface area contributed by atoms with Gasteiger partial charge in [-0.3, -0.25) is 4.79 Å². The molecule has 4 heterocycles. The van der Waals surface area contributed by atoms with Crippen molar-refractivity contribution in [3.8, 4) is 0 Å². The largest absolute Gasteiger partial charge is 0.446 e. The predicted octanol–water partition coefficient (Wildman–Crippen LogP) is 2.22. The Labute approximate surface area is 133 Å². The standard InChI is InChI=1S/C16H19N3O2S/c1-11-6-17-14(21-11)12-7-18(2)8-16(12)9-19(10-16)15(20)13-4-3-5-22-13/h3-6,12H,7-10H2,1-2H3. The Hall–Kier alpha value is -1.66. The number of hydrogen-bond donors (Lipinski definition) is 0. The second-order valence-electron chi connectivity index (χ2n) is 6.56. The number of aryl methyl sites for hydroxylation is 1. The van der Waals surface area contributed by atoms with Crippen LogP contribution in [-0.4, -0.2) is 53.9 Å². The highest BCUT2D eigenvalue weighted by molar-refractivity contribution is 7.12. The number of amides is 1. The molecule has 2 aromatic heterocycles. The lowest BCUT2D eigenvalue weighted by molar-refractivity contribution is 0.000872. The van der Waals surface area contributed by atoms with Crippen LogP contribution in [0.25, 0.3) is 0 Å². The molecule has 0 radical (unpaired) electrons. The zero-order valence-electron chi connectivity index (χ0n) is 12.8. The van der Waals surface area contributed by atoms with Crippen molar-refractivity contribution in [1.82, 2.24) is 14.8 Å². The number of likely N-dealkylation sites (N-methyl/N-ethyl adjacent to an activating group) is 1. The molecule has 0 aliphatic carbocycles. The van der Waals surface area contributed by atoms with Gasteiger partial charge in [0.25, 0.3) is 5.91 Å². The van der Waals surface area contributed by atoms with Gasteiger partial charge in [-0.05, 0) is 25.4 Å². The number of rotatable bonds is 2. The monoisotopic (exact) mass is 317 g/mol. The van der Waals surface area contributed by atoms with Crippen LogP contribution in [0.1, 0.15) is 27.2 Å². The molecule has 0 N–H and O–H groups in total. The quantitative estimate of drug-likeness (QED) is 0.852. The first-order chi connectivity index (χ1) is 10.6. The van der Waals surface area contributed by atoms with Crippen molar-refractivity contribution in [2.24, 2.45) is 5.41 Å². The van der Waals surface area contributed by atoms with E-state index >= 15 is 0 Å². The Morgan fingerprint density at radius 2 is 2.27 bits per heavy atom. The molecule has 2 aliphatic heterocycles. The third kappa shape index (κ3) is 2.09. The Morgan fingerprint density at radius 3 is 2.91 bits per heavy atom. The first-order valence-corrected chi connectivity index (χ1v) is 8.39. The lowest BCUT2D eigenvalue weighted by Crippen LogP contribution is -2.61. The van der Waals surface area contributed by atoms with Crippen LogP contribution in [0, 0.1) is 12.3 Å². The Kier molecular flexibility index (Phi) is 3.13. The summed E-state index contributed by atoms with van der Waals surface area (Å²) in [6, 6.07) is 3.82. The fourth-order valence-electron chi connectivity index (χ4n) is 3.82. The van der Waals surface area contributed by atoms with E-state index in [1.165, 1.54) is 11.3 Å². The van der Waals surface area contributed by atoms with Crippen molar-refractivity contribution in [3.05, 3.63) is 40.2 Å². The van der Waals surface area contributed by atoms with Crippen molar-refractivity contribution < 1.29 is 9.21 Å². The van der Waals surface area contributed by atoms with E-state index in [9.17, 15) is 4.79 Å². The minimum Gasteiger partial charge on any atom is -0.446 e. The van der Waals surface area contributed by atoms with Gasteiger partial charge in [-0.15, -0.1) is 11.3 Å². The summed E-state index contributed by atoms with van der Waals surface area (Å²) in [6.45, 7) is 5.45. The zero-order valence-corrected chi connectivity index (χ0v) is 13.6. The maximum Gasteiger partial charge on any atom is 0.263 e. The molecule has 2 fully saturated rings. The third-order valence-corrected chi connectivity index (χ3v) is 5.64. The molecule has 6 heteroatoms. The van der Waals surface area contributed by atoms with Gasteiger partial charge in [0.1, 0.15) is 5.76 Å². The van der Waals surface area contributed by atoms with Crippen molar-refractivity contribution in [1.29, 1.82) is 0 Å². The van der Waals surface area contributed by atoms with E-state index in [0.29, 0.717) is 0 Å². The molecule has 0 saturated carbocycles. The normalized spacial score (nSPS) is 23.9. The van der Waals surface area contributed by atoms with Gasteiger partial charge in [0.05, 0.1) is 17.0 Å². The van der Waals surface area contributed by atoms with Crippen molar-refractivity contribution in [2.75, 3.05) is 33.2 Å². The second-order valence-corrected chi connectivity index (χ2v) is 7.51. The number of aromatic nitrogens is 1. The summed E-state index contributed by atoms with van der Waals surface area (Å²) in [5.74, 6) is 2.10. The third-order valence-electron chi connectivity index (χ3n) is 4.79. The number of carbonyl (C=O) groups is 1. The highest BCUT2D eigenvalue weighted by atomic mass is 32.1. The smallest absolute Gasteiger partial charge is 0.263 e. The highest BCUT2D eigenvalue weighted by Crippen LogP contribution is 2.48. The van der Waals surface area contributed by atoms with Crippen LogP contribution in [0.3, 0.4) is 0 Å². The van der Waals surface area contributed by atoms with Crippen LogP contribution in [0.2, 0.25) is 0 Å². The molecule has 5 nitrogen and oxygen atoms in total. The fourth-order valence-corrected chi connectivity index (χ4v) is 4.52. The van der Waals surface area contributed by atoms with Gasteiger partial charge in [0.15, 0.2) is 5.89 Å². The number of hydrogen-bond acceptors (Lipinski definition) is 5. The summed E-state index contributed by atoms with van der Waals surface area (Å²) >= 11 is 1.51. The molecule has 0 bridgehead atoms. The number of carbonyl (C=O) groups excluding carboxylic acids is 1. The van der Waals surface area contributed by atoms with E-state index < -0.39 is 0 Å². The molecular weight excluding hydrogens is 298 g/mol. The van der Waals surface area contributed by atoms with E-state index in [1.54, 1.807) is 6.20 Å². The number of likely N-dealkylation sites (tertiary alicyclic amines) is 2. The van der Waals surface area contributed by atoms with Crippen LogP contribution in [0.4, 0.5) is 0 Å². The van der Waals surface area contributed by atoms with Crippen LogP contribution in [0.5, 0.6) is 0 Å². The van der Waals surface area contributed by atoms with Gasteiger partial charge in [0, 0.05) is 31.6 Å². The van der Waals surface area contributed by atoms with Crippen LogP contribution < -0.4 is 0 Å². The second kappa shape index (κ2) is 4.93. The first kappa shape index (κ1) is 14.0. The van der Waals surface area contributed by atoms with Crippen LogP contribution in [-0.2, 0) is 0 Å². The van der Waals surface area contributed by atoms with Gasteiger partial charge in [-0.1, -0.05) is 6.07 Å². The van der Waals surface area contributed by atoms with E-state index in [0.717, 1.165) is 42.7 Å². The summed E-state index contributed by atoms with van der Waals surface area (Å²) in [4.78, 5) is 22.0. The summed E-state index contributed by atoms with van der Waals surface area (Å²) in [6.07, 6.45) is 1.79. The molecule has 0 aromatic carbocycles. The average molecular weight is 317 g/mol. The fraction of sp³-hybridized carbons (Fsp3) is 0.500. The molecule has 2 aromatic rings. The highest BCUT2D eigenvalue weighted by Gasteiger charge is 2.56. The Balaban J connectivity index is 1.53. The molecule has 116 valence electrons. The van der Waals surface area contributed by atoms with Crippen molar-refractivity contribution in [3.63, 3.8) is 0 Å². The van der Waals surface area contributed by atoms with Crippen molar-refractivity contribution >= 4 is 17.2 Å². The molecule has 1 spiro atoms. The van der Waals surface area contributed by atoms with Gasteiger partial charge >= 0.3 is 0 Å². The Bertz CT molecular complexity index is 688. The lowest BCUT2D eigenvalue weighted by atomic mass is 9.71. The molecule has 2 aliphatic rings. The minimum atomic E-state index is 0.0962. The predicted molar refractivity (Wildman–Crippen MR) is 84.1 cm³/mol. The van der Waals surface area contributed by atoms with E-state index in [2.05, 4.69) is 16.9 Å². The molecule has 1 atom stereocenters. The summed E-state index contributed by atoms with van der Waals surface area (Å²) in [5.41, 5.74) is 0.0962. The zero-order chi connectivity index (χ0) is 15.3. The lowest BCUT2D eigenvalue weighted by Gasteiger charge is -2.50. The first-order valence-electron chi connectivity index (χ1n) is 7.51. The summed E-state index contributed by atoms with van der Waals surface area (Å²) < 4.78 is 5.78. The van der Waals surface area contributed by atoms with Gasteiger partial charge in [-0.25, -0.2) is 4.98 Å². The number of nitrogens with zero attached hydrogens (tertiary/aromatic N) is 3. The summed E-state index contributed by atoms with van der Waals surface area (Å²) in [5, 5.41) is 1.95. The molecular formula is C16H19N3O2S. The van der Waals surface area contributed by atoms with Gasteiger partial charge in [0.2, 0.25) is 0 Å². The maximum absolute atomic E-state index is 12.4. The van der Waals surface area contributed by atoms with Crippen LogP contribution >= 0.6 is 11.3 Å². The molecule has 1 amide bonds. The van der Waals surface area contributed by atoms with E-state index in [4.69, 9.17) is 4.42 Å². The van der Waals surface area contributed by atoms with Gasteiger partial charge in [-0.2, -0.15) is 0 Å². The summed E-state index contributed by atoms with van der Waals surface area (Å²) in [7, 11) is 2.13. The Morgan fingerprint density at radius 1 is 1.45 bits per heavy atom. The number of oxazole rings is 1. The van der Waals surface area contributed by atoms with E-state index in [-0.39, 0.29) is 17.2 Å². The molecule has 22 heavy (non-hydrogen) atoms. The molecule has 2 saturated heterocycles. The van der Waals surface area contributed by atoms with Crippen LogP contribution in [0.15, 0.2) is 28.1 Å². The molecule has 1 unspecified atom stereocenters. The SMILES string of the molecule is Cc1cnc(C2CN(C)CC23CN(C(=O)c2cccs2)C3)o1. The average Bonchev–Trinajstić information content (AvgIpc) is 3.14. The van der Waals surface area contributed by atoms with Gasteiger partial charge < -0.3 is 14.2 Å². The van der Waals surface area contributed by atoms with Crippen molar-refractivity contribution in [2.45, 2.75) is 12.8 Å². The number of thiophene rings is 1. The minimum absolute atomic E-state index is 0.0962.